The van der Waals surface area contributed by atoms with Gasteiger partial charge in [0.2, 0.25) is 0 Å². The molecule has 0 aliphatic heterocycles. The van der Waals surface area contributed by atoms with Crippen molar-refractivity contribution < 1.29 is 0 Å². The van der Waals surface area contributed by atoms with Crippen LogP contribution in [0.15, 0.2) is 182 Å². The van der Waals surface area contributed by atoms with Crippen LogP contribution in [-0.4, -0.2) is 4.57 Å². The van der Waals surface area contributed by atoms with E-state index >= 15 is 0 Å². The summed E-state index contributed by atoms with van der Waals surface area (Å²) >= 11 is 1.88. The van der Waals surface area contributed by atoms with E-state index < -0.39 is 0 Å². The molecule has 3 heteroatoms. The molecule has 2 heterocycles. The summed E-state index contributed by atoms with van der Waals surface area (Å²) in [6.07, 6.45) is 0. The number of benzene rings is 8. The van der Waals surface area contributed by atoms with Gasteiger partial charge in [0.15, 0.2) is 0 Å². The van der Waals surface area contributed by atoms with Gasteiger partial charge in [0.25, 0.3) is 0 Å². The van der Waals surface area contributed by atoms with E-state index in [4.69, 9.17) is 0 Å². The molecule has 53 heavy (non-hydrogen) atoms. The SMILES string of the molecule is Cc1cc(N(c2ccccc2)c2cc(-c3cccc(-n4c5ccccc5c5ccccc54)c3)c3sc4ccccc4c3c2)cc(C)c1-c1ccccc1. The normalized spacial score (nSPS) is 11.6. The Morgan fingerprint density at radius 3 is 1.70 bits per heavy atom. The summed E-state index contributed by atoms with van der Waals surface area (Å²) in [6.45, 7) is 4.48. The van der Waals surface area contributed by atoms with Crippen LogP contribution in [0.5, 0.6) is 0 Å². The highest BCUT2D eigenvalue weighted by Gasteiger charge is 2.21. The fraction of sp³-hybridized carbons (Fsp3) is 0.0400. The van der Waals surface area contributed by atoms with Gasteiger partial charge in [0.1, 0.15) is 0 Å². The third-order valence-corrected chi connectivity index (χ3v) is 11.8. The fourth-order valence-electron chi connectivity index (χ4n) is 8.32. The van der Waals surface area contributed by atoms with Crippen molar-refractivity contribution in [1.82, 2.24) is 4.57 Å². The zero-order chi connectivity index (χ0) is 35.5. The lowest BCUT2D eigenvalue weighted by Gasteiger charge is -2.28. The first kappa shape index (κ1) is 31.3. The zero-order valence-electron chi connectivity index (χ0n) is 29.6. The van der Waals surface area contributed by atoms with E-state index in [1.807, 2.05) is 11.3 Å². The minimum atomic E-state index is 1.13. The molecule has 0 spiro atoms. The molecular weight excluding hydrogens is 661 g/mol. The lowest BCUT2D eigenvalue weighted by molar-refractivity contribution is 1.18. The van der Waals surface area contributed by atoms with Crippen LogP contribution in [0.3, 0.4) is 0 Å². The molecule has 10 aromatic rings. The van der Waals surface area contributed by atoms with Crippen LogP contribution < -0.4 is 4.90 Å². The second-order valence-electron chi connectivity index (χ2n) is 13.9. The van der Waals surface area contributed by atoms with Gasteiger partial charge in [-0.1, -0.05) is 115 Å². The number of hydrogen-bond donors (Lipinski definition) is 0. The molecule has 0 aliphatic rings. The first-order valence-electron chi connectivity index (χ1n) is 18.2. The zero-order valence-corrected chi connectivity index (χ0v) is 30.4. The number of rotatable bonds is 6. The molecule has 0 radical (unpaired) electrons. The van der Waals surface area contributed by atoms with Crippen LogP contribution in [0, 0.1) is 13.8 Å². The predicted octanol–water partition coefficient (Wildman–Crippen LogP) is 14.6. The number of hydrogen-bond acceptors (Lipinski definition) is 2. The van der Waals surface area contributed by atoms with Crippen molar-refractivity contribution in [3.05, 3.63) is 193 Å². The molecular formula is C50H36N2S. The lowest BCUT2D eigenvalue weighted by Crippen LogP contribution is -2.11. The summed E-state index contributed by atoms with van der Waals surface area (Å²) < 4.78 is 5.01. The second-order valence-corrected chi connectivity index (χ2v) is 14.9. The van der Waals surface area contributed by atoms with Crippen LogP contribution in [0.25, 0.3) is 69.9 Å². The Labute approximate surface area is 313 Å². The van der Waals surface area contributed by atoms with Crippen molar-refractivity contribution in [2.75, 3.05) is 4.90 Å². The van der Waals surface area contributed by atoms with Gasteiger partial charge in [0.05, 0.1) is 11.0 Å². The van der Waals surface area contributed by atoms with E-state index in [1.54, 1.807) is 0 Å². The van der Waals surface area contributed by atoms with Gasteiger partial charge in [-0.25, -0.2) is 0 Å². The fourth-order valence-corrected chi connectivity index (χ4v) is 9.54. The smallest absolute Gasteiger partial charge is 0.0541 e. The van der Waals surface area contributed by atoms with Crippen molar-refractivity contribution in [3.63, 3.8) is 0 Å². The summed E-state index contributed by atoms with van der Waals surface area (Å²) in [5.41, 5.74) is 14.5. The quantitative estimate of drug-likeness (QED) is 0.168. The van der Waals surface area contributed by atoms with Crippen LogP contribution in [0.4, 0.5) is 17.1 Å². The van der Waals surface area contributed by atoms with E-state index in [2.05, 4.69) is 205 Å². The third-order valence-electron chi connectivity index (χ3n) is 10.6. The van der Waals surface area contributed by atoms with Crippen molar-refractivity contribution >= 4 is 70.4 Å². The van der Waals surface area contributed by atoms with Gasteiger partial charge in [0, 0.05) is 59.3 Å². The largest absolute Gasteiger partial charge is 0.310 e. The molecule has 0 saturated carbocycles. The van der Waals surface area contributed by atoms with E-state index in [0.717, 1.165) is 22.7 Å². The highest BCUT2D eigenvalue weighted by atomic mass is 32.1. The number of nitrogens with zero attached hydrogens (tertiary/aromatic N) is 2. The predicted molar refractivity (Wildman–Crippen MR) is 229 cm³/mol. The van der Waals surface area contributed by atoms with E-state index in [-0.39, 0.29) is 0 Å². The van der Waals surface area contributed by atoms with Gasteiger partial charge in [-0.05, 0) is 108 Å². The Bertz CT molecular complexity index is 2890. The molecule has 0 bridgehead atoms. The molecule has 0 atom stereocenters. The van der Waals surface area contributed by atoms with Gasteiger partial charge in [-0.15, -0.1) is 11.3 Å². The number of aryl methyl sites for hydroxylation is 2. The minimum Gasteiger partial charge on any atom is -0.310 e. The number of thiophene rings is 1. The maximum Gasteiger partial charge on any atom is 0.0541 e. The standard InChI is InChI=1S/C50H36N2S/c1-33-28-39(29-34(2)49(33)35-16-5-3-6-17-35)51(37-19-7-4-8-20-37)40-31-44(50-45(32-40)43-24-11-14-27-48(43)53-50)36-18-15-21-38(30-36)52-46-25-12-9-22-41(46)42-23-10-13-26-47(42)52/h3-32H,1-2H3. The molecule has 0 saturated heterocycles. The summed E-state index contributed by atoms with van der Waals surface area (Å²) in [4.78, 5) is 2.43. The molecule has 0 N–H and O–H groups in total. The maximum atomic E-state index is 2.43. The summed E-state index contributed by atoms with van der Waals surface area (Å²) in [5, 5.41) is 5.10. The molecule has 10 rings (SSSR count). The second kappa shape index (κ2) is 12.7. The third kappa shape index (κ3) is 5.24. The average molecular weight is 697 g/mol. The molecule has 8 aromatic carbocycles. The van der Waals surface area contributed by atoms with Crippen molar-refractivity contribution in [2.45, 2.75) is 13.8 Å². The van der Waals surface area contributed by atoms with Crippen LogP contribution in [0.2, 0.25) is 0 Å². The average Bonchev–Trinajstić information content (AvgIpc) is 3.74. The lowest BCUT2D eigenvalue weighted by atomic mass is 9.94. The minimum absolute atomic E-state index is 1.13. The Kier molecular flexibility index (Phi) is 7.48. The molecule has 2 aromatic heterocycles. The highest BCUT2D eigenvalue weighted by Crippen LogP contribution is 2.47. The van der Waals surface area contributed by atoms with Gasteiger partial charge < -0.3 is 9.47 Å². The van der Waals surface area contributed by atoms with Crippen molar-refractivity contribution in [1.29, 1.82) is 0 Å². The molecule has 0 aliphatic carbocycles. The van der Waals surface area contributed by atoms with Crippen molar-refractivity contribution in [2.24, 2.45) is 0 Å². The number of anilines is 3. The van der Waals surface area contributed by atoms with E-state index in [9.17, 15) is 0 Å². The van der Waals surface area contributed by atoms with E-state index in [0.29, 0.717) is 0 Å². The molecule has 2 nitrogen and oxygen atoms in total. The molecule has 0 amide bonds. The van der Waals surface area contributed by atoms with Crippen LogP contribution >= 0.6 is 11.3 Å². The Hall–Kier alpha value is -6.42. The van der Waals surface area contributed by atoms with E-state index in [1.165, 1.54) is 75.4 Å². The topological polar surface area (TPSA) is 8.17 Å². The Morgan fingerprint density at radius 1 is 0.434 bits per heavy atom. The van der Waals surface area contributed by atoms with Crippen molar-refractivity contribution in [3.8, 4) is 27.9 Å². The maximum absolute atomic E-state index is 2.43. The monoisotopic (exact) mass is 696 g/mol. The number of fused-ring (bicyclic) bond motifs is 6. The molecule has 252 valence electrons. The van der Waals surface area contributed by atoms with Gasteiger partial charge >= 0.3 is 0 Å². The number of para-hydroxylation sites is 3. The van der Waals surface area contributed by atoms with Gasteiger partial charge in [-0.2, -0.15) is 0 Å². The Morgan fingerprint density at radius 2 is 1.00 bits per heavy atom. The highest BCUT2D eigenvalue weighted by molar-refractivity contribution is 7.26. The van der Waals surface area contributed by atoms with Gasteiger partial charge in [-0.3, -0.25) is 0 Å². The Balaban J connectivity index is 1.22. The molecule has 0 fully saturated rings. The summed E-state index contributed by atoms with van der Waals surface area (Å²) in [7, 11) is 0. The first-order valence-corrected chi connectivity index (χ1v) is 19.0. The summed E-state index contributed by atoms with van der Waals surface area (Å²) in [6, 6.07) is 66.5. The first-order chi connectivity index (χ1) is 26.1. The van der Waals surface area contributed by atoms with Crippen LogP contribution in [-0.2, 0) is 0 Å². The summed E-state index contributed by atoms with van der Waals surface area (Å²) in [5.74, 6) is 0. The molecule has 0 unspecified atom stereocenters. The van der Waals surface area contributed by atoms with Crippen LogP contribution in [0.1, 0.15) is 11.1 Å². The number of aromatic nitrogens is 1.